The van der Waals surface area contributed by atoms with Crippen LogP contribution in [0.4, 0.5) is 0 Å². The molecule has 0 aromatic heterocycles. The number of hydrogen-bond donors (Lipinski definition) is 4. The van der Waals surface area contributed by atoms with Crippen LogP contribution in [0, 0.1) is 29.1 Å². The lowest BCUT2D eigenvalue weighted by atomic mass is 9.82. The predicted molar refractivity (Wildman–Crippen MR) is 172 cm³/mol. The minimum Gasteiger partial charge on any atom is -0.390 e. The highest BCUT2D eigenvalue weighted by Gasteiger charge is 2.41. The molecule has 42 heavy (non-hydrogen) atoms. The van der Waals surface area contributed by atoms with Gasteiger partial charge in [0.2, 0.25) is 5.91 Å². The number of likely N-dealkylation sites (tertiary alicyclic amines) is 1. The molecule has 0 bridgehead atoms. The van der Waals surface area contributed by atoms with Gasteiger partial charge in [0.15, 0.2) is 0 Å². The van der Waals surface area contributed by atoms with Crippen LogP contribution in [0.1, 0.15) is 101 Å². The van der Waals surface area contributed by atoms with Gasteiger partial charge in [-0.2, -0.15) is 0 Å². The Morgan fingerprint density at radius 3 is 2.31 bits per heavy atom. The highest BCUT2D eigenvalue weighted by molar-refractivity contribution is 5.79. The number of aliphatic imine (C=N–C) groups is 1. The van der Waals surface area contributed by atoms with Crippen LogP contribution in [0.3, 0.4) is 0 Å². The van der Waals surface area contributed by atoms with E-state index in [1.165, 1.54) is 0 Å². The average Bonchev–Trinajstić information content (AvgIpc) is 2.93. The number of piperidine rings is 1. The zero-order valence-corrected chi connectivity index (χ0v) is 28.5. The Bertz CT molecular complexity index is 816. The van der Waals surface area contributed by atoms with Gasteiger partial charge in [-0.25, -0.2) is 0 Å². The molecule has 0 radical (unpaired) electrons. The highest BCUT2D eigenvalue weighted by atomic mass is 16.5. The Labute approximate surface area is 257 Å². The first kappa shape index (κ1) is 37.1. The summed E-state index contributed by atoms with van der Waals surface area (Å²) < 4.78 is 5.25. The van der Waals surface area contributed by atoms with Crippen molar-refractivity contribution in [3.63, 3.8) is 0 Å². The number of amides is 1. The Kier molecular flexibility index (Phi) is 14.9. The van der Waals surface area contributed by atoms with Gasteiger partial charge in [-0.3, -0.25) is 20.0 Å². The number of rotatable bonds is 16. The standard InChI is InChI=1S/C33H65N5O4/c1-11-24(29(39)37-17-14-25(15-18-37)33(8,9)41)20-26(12-2)38(22-23(3)4)30(40)27-21-35-31(32(5,6)7)36-28(27)34-16-13-19-42-10/h21,23-28,30-31,34,36,40-41H,11-20,22H2,1-10H3/t24-,26+,27-,28?,30?,31?/m0/s1. The second-order valence-corrected chi connectivity index (χ2v) is 14.7. The first-order valence-electron chi connectivity index (χ1n) is 16.6. The summed E-state index contributed by atoms with van der Waals surface area (Å²) in [6, 6.07) is 0.0631. The van der Waals surface area contributed by atoms with E-state index in [1.807, 2.05) is 25.0 Å². The molecule has 1 fully saturated rings. The molecule has 2 heterocycles. The van der Waals surface area contributed by atoms with E-state index >= 15 is 0 Å². The van der Waals surface area contributed by atoms with Crippen molar-refractivity contribution in [2.75, 3.05) is 39.9 Å². The molecule has 2 aliphatic rings. The Morgan fingerprint density at radius 2 is 1.81 bits per heavy atom. The molecule has 0 aliphatic carbocycles. The van der Waals surface area contributed by atoms with Gasteiger partial charge in [-0.05, 0) is 76.2 Å². The van der Waals surface area contributed by atoms with E-state index in [9.17, 15) is 15.0 Å². The monoisotopic (exact) mass is 596 g/mol. The van der Waals surface area contributed by atoms with Crippen LogP contribution >= 0.6 is 0 Å². The van der Waals surface area contributed by atoms with Crippen LogP contribution in [-0.4, -0.2) is 102 Å². The lowest BCUT2D eigenvalue weighted by Gasteiger charge is -2.45. The smallest absolute Gasteiger partial charge is 0.225 e. The van der Waals surface area contributed by atoms with E-state index in [4.69, 9.17) is 9.73 Å². The van der Waals surface area contributed by atoms with Gasteiger partial charge < -0.3 is 25.2 Å². The Hall–Kier alpha value is -1.10. The molecular weight excluding hydrogens is 530 g/mol. The molecule has 3 unspecified atom stereocenters. The summed E-state index contributed by atoms with van der Waals surface area (Å²) in [5.74, 6) is 0.462. The average molecular weight is 596 g/mol. The summed E-state index contributed by atoms with van der Waals surface area (Å²) in [6.07, 6.45) is 5.93. The molecule has 246 valence electrons. The number of ether oxygens (including phenoxy) is 1. The fraction of sp³-hybridized carbons (Fsp3) is 0.939. The molecule has 0 spiro atoms. The maximum atomic E-state index is 13.7. The van der Waals surface area contributed by atoms with Crippen LogP contribution in [0.2, 0.25) is 0 Å². The number of carbonyl (C=O) groups is 1. The van der Waals surface area contributed by atoms with Crippen molar-refractivity contribution in [1.29, 1.82) is 0 Å². The molecular formula is C33H65N5O4. The van der Waals surface area contributed by atoms with Gasteiger partial charge in [-0.1, -0.05) is 48.5 Å². The molecule has 6 atom stereocenters. The third-order valence-electron chi connectivity index (χ3n) is 9.24. The minimum atomic E-state index is -0.746. The van der Waals surface area contributed by atoms with E-state index in [-0.39, 0.29) is 47.4 Å². The van der Waals surface area contributed by atoms with Gasteiger partial charge in [0.1, 0.15) is 12.4 Å². The summed E-state index contributed by atoms with van der Waals surface area (Å²) in [6.45, 7) is 22.5. The van der Waals surface area contributed by atoms with Crippen LogP contribution in [0.25, 0.3) is 0 Å². The van der Waals surface area contributed by atoms with Gasteiger partial charge >= 0.3 is 0 Å². The summed E-state index contributed by atoms with van der Waals surface area (Å²) in [5, 5.41) is 29.8. The summed E-state index contributed by atoms with van der Waals surface area (Å²) in [7, 11) is 1.72. The number of aliphatic hydroxyl groups is 2. The zero-order chi connectivity index (χ0) is 31.7. The van der Waals surface area contributed by atoms with Crippen molar-refractivity contribution in [2.45, 2.75) is 131 Å². The van der Waals surface area contributed by atoms with E-state index in [0.717, 1.165) is 51.6 Å². The number of aliphatic hydroxyl groups excluding tert-OH is 1. The molecule has 1 saturated heterocycles. The largest absolute Gasteiger partial charge is 0.390 e. The third-order valence-corrected chi connectivity index (χ3v) is 9.24. The van der Waals surface area contributed by atoms with Gasteiger partial charge in [-0.15, -0.1) is 0 Å². The van der Waals surface area contributed by atoms with Crippen molar-refractivity contribution >= 4 is 12.1 Å². The van der Waals surface area contributed by atoms with Crippen molar-refractivity contribution in [3.8, 4) is 0 Å². The Balaban J connectivity index is 2.23. The minimum absolute atomic E-state index is 0.0518. The van der Waals surface area contributed by atoms with Gasteiger partial charge in [0.05, 0.1) is 17.7 Å². The zero-order valence-electron chi connectivity index (χ0n) is 28.5. The van der Waals surface area contributed by atoms with E-state index < -0.39 is 11.8 Å². The van der Waals surface area contributed by atoms with E-state index in [1.54, 1.807) is 7.11 Å². The third kappa shape index (κ3) is 10.8. The number of carbonyl (C=O) groups excluding carboxylic acids is 1. The molecule has 0 aromatic carbocycles. The van der Waals surface area contributed by atoms with Crippen molar-refractivity contribution in [2.24, 2.45) is 34.1 Å². The first-order chi connectivity index (χ1) is 19.6. The normalized spacial score (nSPS) is 24.8. The lowest BCUT2D eigenvalue weighted by molar-refractivity contribution is -0.140. The molecule has 4 N–H and O–H groups in total. The molecule has 1 amide bonds. The second-order valence-electron chi connectivity index (χ2n) is 14.7. The van der Waals surface area contributed by atoms with Crippen LogP contribution in [0.15, 0.2) is 4.99 Å². The molecule has 0 aromatic rings. The molecule has 9 heteroatoms. The molecule has 9 nitrogen and oxygen atoms in total. The number of nitrogens with one attached hydrogen (secondary N) is 2. The van der Waals surface area contributed by atoms with Crippen molar-refractivity contribution in [3.05, 3.63) is 0 Å². The quantitative estimate of drug-likeness (QED) is 0.157. The summed E-state index contributed by atoms with van der Waals surface area (Å²) in [4.78, 5) is 22.9. The molecule has 0 saturated carbocycles. The van der Waals surface area contributed by atoms with Crippen molar-refractivity contribution in [1.82, 2.24) is 20.4 Å². The van der Waals surface area contributed by atoms with E-state index in [2.05, 4.69) is 64.0 Å². The second kappa shape index (κ2) is 16.8. The first-order valence-corrected chi connectivity index (χ1v) is 16.6. The summed E-state index contributed by atoms with van der Waals surface area (Å²) in [5.41, 5.74) is -0.765. The molecule has 2 aliphatic heterocycles. The Morgan fingerprint density at radius 1 is 1.17 bits per heavy atom. The van der Waals surface area contributed by atoms with Crippen molar-refractivity contribution < 1.29 is 19.7 Å². The fourth-order valence-corrected chi connectivity index (χ4v) is 6.47. The lowest BCUT2D eigenvalue weighted by Crippen LogP contribution is -2.63. The maximum Gasteiger partial charge on any atom is 0.225 e. The van der Waals surface area contributed by atoms with E-state index in [0.29, 0.717) is 25.6 Å². The highest BCUT2D eigenvalue weighted by Crippen LogP contribution is 2.31. The van der Waals surface area contributed by atoms with Crippen LogP contribution in [0.5, 0.6) is 0 Å². The van der Waals surface area contributed by atoms with Crippen LogP contribution in [-0.2, 0) is 9.53 Å². The fourth-order valence-electron chi connectivity index (χ4n) is 6.47. The van der Waals surface area contributed by atoms with Gasteiger partial charge in [0.25, 0.3) is 0 Å². The number of nitrogens with zero attached hydrogens (tertiary/aromatic N) is 3. The maximum absolute atomic E-state index is 13.7. The topological polar surface area (TPSA) is 110 Å². The van der Waals surface area contributed by atoms with Gasteiger partial charge in [0, 0.05) is 51.5 Å². The van der Waals surface area contributed by atoms with Crippen LogP contribution < -0.4 is 10.6 Å². The number of hydrogen-bond acceptors (Lipinski definition) is 8. The molecule has 2 rings (SSSR count). The summed E-state index contributed by atoms with van der Waals surface area (Å²) >= 11 is 0. The number of methoxy groups -OCH3 is 1. The SMILES string of the molecule is CC[C@@H](C[C@@H](CC)N(CC(C)C)C(O)[C@H]1C=NC(C(C)(C)C)NC1NCCCOC)C(=O)N1CCC(C(C)(C)O)CC1. The predicted octanol–water partition coefficient (Wildman–Crippen LogP) is 4.08.